The molecule has 7 nitrogen and oxygen atoms in total. The molecule has 1 fully saturated rings. The van der Waals surface area contributed by atoms with Crippen molar-refractivity contribution in [2.75, 3.05) is 12.9 Å². The Morgan fingerprint density at radius 2 is 2.15 bits per heavy atom. The van der Waals surface area contributed by atoms with Crippen LogP contribution in [0.4, 0.5) is 0 Å². The van der Waals surface area contributed by atoms with Gasteiger partial charge in [-0.05, 0) is 12.7 Å². The zero-order valence-electron chi connectivity index (χ0n) is 11.6. The summed E-state index contributed by atoms with van der Waals surface area (Å²) in [7, 11) is 0. The molecule has 0 spiro atoms. The van der Waals surface area contributed by atoms with Crippen LogP contribution in [0.3, 0.4) is 0 Å². The molecule has 2 heterocycles. The standard InChI is InChI=1S/C12H21N3O4S/c1-3-4-7-5-15(14-13-7)9-10(17)8(6-16)19-12(20-2)11(9)18/h5,8-12,16-18H,3-4,6H2,1-2H3. The third-order valence-corrected chi connectivity index (χ3v) is 4.30. The Hall–Kier alpha value is -0.670. The normalized spacial score (nSPS) is 34.4. The predicted molar refractivity (Wildman–Crippen MR) is 74.3 cm³/mol. The van der Waals surface area contributed by atoms with Crippen molar-refractivity contribution in [2.45, 2.75) is 49.6 Å². The first-order valence-electron chi connectivity index (χ1n) is 6.68. The summed E-state index contributed by atoms with van der Waals surface area (Å²) in [6.07, 6.45) is 2.60. The third kappa shape index (κ3) is 2.99. The van der Waals surface area contributed by atoms with Gasteiger partial charge < -0.3 is 20.1 Å². The average Bonchev–Trinajstić information content (AvgIpc) is 2.88. The van der Waals surface area contributed by atoms with Crippen LogP contribution in [0.15, 0.2) is 6.20 Å². The van der Waals surface area contributed by atoms with Gasteiger partial charge in [-0.25, -0.2) is 4.68 Å². The Morgan fingerprint density at radius 3 is 2.75 bits per heavy atom. The quantitative estimate of drug-likeness (QED) is 0.679. The summed E-state index contributed by atoms with van der Waals surface area (Å²) >= 11 is 1.33. The molecule has 1 saturated heterocycles. The Kier molecular flexibility index (Phi) is 5.39. The van der Waals surface area contributed by atoms with Gasteiger partial charge in [0.1, 0.15) is 29.8 Å². The number of aromatic nitrogens is 3. The molecule has 1 aromatic heterocycles. The minimum atomic E-state index is -1.03. The molecule has 0 amide bonds. The molecule has 8 heteroatoms. The van der Waals surface area contributed by atoms with Crippen molar-refractivity contribution in [1.82, 2.24) is 15.0 Å². The summed E-state index contributed by atoms with van der Waals surface area (Å²) in [5, 5.41) is 37.9. The maximum Gasteiger partial charge on any atom is 0.131 e. The summed E-state index contributed by atoms with van der Waals surface area (Å²) in [4.78, 5) is 0. The van der Waals surface area contributed by atoms with Gasteiger partial charge in [0.25, 0.3) is 0 Å². The minimum absolute atomic E-state index is 0.308. The van der Waals surface area contributed by atoms with Gasteiger partial charge >= 0.3 is 0 Å². The fourth-order valence-electron chi connectivity index (χ4n) is 2.40. The lowest BCUT2D eigenvalue weighted by atomic mass is 9.97. The molecule has 0 aromatic carbocycles. The molecule has 3 N–H and O–H groups in total. The maximum atomic E-state index is 10.3. The number of aryl methyl sites for hydroxylation is 1. The van der Waals surface area contributed by atoms with Crippen molar-refractivity contribution < 1.29 is 20.1 Å². The number of hydrogen-bond acceptors (Lipinski definition) is 7. The molecule has 5 atom stereocenters. The monoisotopic (exact) mass is 303 g/mol. The molecular formula is C12H21N3O4S. The van der Waals surface area contributed by atoms with Crippen molar-refractivity contribution in [3.05, 3.63) is 11.9 Å². The lowest BCUT2D eigenvalue weighted by Gasteiger charge is -2.41. The molecule has 20 heavy (non-hydrogen) atoms. The second-order valence-corrected chi connectivity index (χ2v) is 5.81. The van der Waals surface area contributed by atoms with E-state index in [2.05, 4.69) is 10.3 Å². The molecular weight excluding hydrogens is 282 g/mol. The van der Waals surface area contributed by atoms with Gasteiger partial charge in [-0.3, -0.25) is 0 Å². The summed E-state index contributed by atoms with van der Waals surface area (Å²) in [6, 6.07) is -0.670. The Morgan fingerprint density at radius 1 is 1.40 bits per heavy atom. The van der Waals surface area contributed by atoms with Crippen LogP contribution in [0.25, 0.3) is 0 Å². The molecule has 2 rings (SSSR count). The summed E-state index contributed by atoms with van der Waals surface area (Å²) < 4.78 is 6.95. The molecule has 0 aliphatic carbocycles. The Bertz CT molecular complexity index is 415. The van der Waals surface area contributed by atoms with E-state index in [4.69, 9.17) is 4.74 Å². The first-order chi connectivity index (χ1) is 9.62. The predicted octanol–water partition coefficient (Wildman–Crippen LogP) is -0.426. The lowest BCUT2D eigenvalue weighted by molar-refractivity contribution is -0.178. The molecule has 1 aliphatic heterocycles. The fraction of sp³-hybridized carbons (Fsp3) is 0.833. The van der Waals surface area contributed by atoms with Crippen LogP contribution in [0.1, 0.15) is 25.1 Å². The van der Waals surface area contributed by atoms with Gasteiger partial charge in [0.05, 0.1) is 12.3 Å². The number of thioether (sulfide) groups is 1. The third-order valence-electron chi connectivity index (χ3n) is 3.45. The van der Waals surface area contributed by atoms with Gasteiger partial charge in [-0.1, -0.05) is 18.6 Å². The van der Waals surface area contributed by atoms with Crippen LogP contribution in [-0.4, -0.2) is 66.9 Å². The van der Waals surface area contributed by atoms with Crippen LogP contribution >= 0.6 is 11.8 Å². The highest BCUT2D eigenvalue weighted by Crippen LogP contribution is 2.33. The van der Waals surface area contributed by atoms with E-state index in [1.165, 1.54) is 16.4 Å². The van der Waals surface area contributed by atoms with E-state index in [0.717, 1.165) is 18.5 Å². The minimum Gasteiger partial charge on any atom is -0.394 e. The summed E-state index contributed by atoms with van der Waals surface area (Å²) in [5.41, 5.74) is 0.305. The molecule has 0 bridgehead atoms. The highest BCUT2D eigenvalue weighted by molar-refractivity contribution is 7.99. The molecule has 0 saturated carbocycles. The maximum absolute atomic E-state index is 10.3. The van der Waals surface area contributed by atoms with Crippen molar-refractivity contribution >= 4 is 11.8 Å². The zero-order chi connectivity index (χ0) is 14.7. The number of rotatable bonds is 5. The van der Waals surface area contributed by atoms with Crippen molar-refractivity contribution in [2.24, 2.45) is 0 Å². The first-order valence-corrected chi connectivity index (χ1v) is 7.97. The van der Waals surface area contributed by atoms with E-state index in [0.29, 0.717) is 0 Å². The topological polar surface area (TPSA) is 101 Å². The number of aliphatic hydroxyl groups excluding tert-OH is 3. The van der Waals surface area contributed by atoms with Crippen molar-refractivity contribution in [3.63, 3.8) is 0 Å². The molecule has 114 valence electrons. The van der Waals surface area contributed by atoms with Crippen LogP contribution in [0.2, 0.25) is 0 Å². The van der Waals surface area contributed by atoms with Gasteiger partial charge in [-0.15, -0.1) is 16.9 Å². The molecule has 0 radical (unpaired) electrons. The van der Waals surface area contributed by atoms with E-state index in [-0.39, 0.29) is 6.61 Å². The van der Waals surface area contributed by atoms with E-state index in [1.54, 1.807) is 12.5 Å². The van der Waals surface area contributed by atoms with E-state index in [1.807, 2.05) is 6.92 Å². The fourth-order valence-corrected chi connectivity index (χ4v) is 3.10. The largest absolute Gasteiger partial charge is 0.394 e. The Balaban J connectivity index is 2.24. The molecule has 5 unspecified atom stereocenters. The number of hydrogen-bond donors (Lipinski definition) is 3. The highest BCUT2D eigenvalue weighted by atomic mass is 32.2. The van der Waals surface area contributed by atoms with Gasteiger partial charge in [0.2, 0.25) is 0 Å². The van der Waals surface area contributed by atoms with Crippen LogP contribution in [0, 0.1) is 0 Å². The smallest absolute Gasteiger partial charge is 0.131 e. The SMILES string of the molecule is CCCc1cn(C2C(O)C(CO)OC(SC)C2O)nn1. The van der Waals surface area contributed by atoms with Gasteiger partial charge in [0.15, 0.2) is 0 Å². The molecule has 1 aromatic rings. The average molecular weight is 303 g/mol. The van der Waals surface area contributed by atoms with E-state index >= 15 is 0 Å². The van der Waals surface area contributed by atoms with E-state index < -0.39 is 29.8 Å². The number of aliphatic hydroxyl groups is 3. The van der Waals surface area contributed by atoms with Gasteiger partial charge in [0, 0.05) is 6.20 Å². The zero-order valence-corrected chi connectivity index (χ0v) is 12.4. The second kappa shape index (κ2) is 6.86. The van der Waals surface area contributed by atoms with E-state index in [9.17, 15) is 15.3 Å². The number of ether oxygens (including phenoxy) is 1. The van der Waals surface area contributed by atoms with Crippen LogP contribution in [0.5, 0.6) is 0 Å². The molecule has 1 aliphatic rings. The summed E-state index contributed by atoms with van der Waals surface area (Å²) in [6.45, 7) is 1.74. The summed E-state index contributed by atoms with van der Waals surface area (Å²) in [5.74, 6) is 0. The van der Waals surface area contributed by atoms with Crippen LogP contribution < -0.4 is 0 Å². The highest BCUT2D eigenvalue weighted by Gasteiger charge is 2.45. The van der Waals surface area contributed by atoms with Gasteiger partial charge in [-0.2, -0.15) is 0 Å². The van der Waals surface area contributed by atoms with Crippen LogP contribution in [-0.2, 0) is 11.2 Å². The first kappa shape index (κ1) is 15.7. The number of nitrogens with zero attached hydrogens (tertiary/aromatic N) is 3. The van der Waals surface area contributed by atoms with Crippen molar-refractivity contribution in [3.8, 4) is 0 Å². The lowest BCUT2D eigenvalue weighted by Crippen LogP contribution is -2.54. The second-order valence-electron chi connectivity index (χ2n) is 4.87. The Labute approximate surface area is 121 Å². The van der Waals surface area contributed by atoms with Crippen molar-refractivity contribution in [1.29, 1.82) is 0 Å².